The molecular formula is C31H50O2. The topological polar surface area (TPSA) is 18.5 Å². The van der Waals surface area contributed by atoms with Crippen LogP contribution in [0.5, 0.6) is 11.5 Å². The van der Waals surface area contributed by atoms with Crippen molar-refractivity contribution in [2.24, 2.45) is 0 Å². The maximum Gasteiger partial charge on any atom is 0.138 e. The summed E-state index contributed by atoms with van der Waals surface area (Å²) in [6.45, 7) is 8.79. The van der Waals surface area contributed by atoms with Gasteiger partial charge in [0.05, 0.1) is 12.7 Å². The second kappa shape index (κ2) is 14.6. The summed E-state index contributed by atoms with van der Waals surface area (Å²) < 4.78 is 12.3. The predicted molar refractivity (Wildman–Crippen MR) is 143 cm³/mol. The number of rotatable bonds is 16. The van der Waals surface area contributed by atoms with Gasteiger partial charge in [0.25, 0.3) is 0 Å². The molecule has 0 aromatic heterocycles. The van der Waals surface area contributed by atoms with E-state index in [1.165, 1.54) is 95.5 Å². The number of unbranched alkanes of at least 4 members (excludes halogenated alkanes) is 13. The van der Waals surface area contributed by atoms with Crippen molar-refractivity contribution in [1.29, 1.82) is 0 Å². The highest BCUT2D eigenvalue weighted by atomic mass is 16.5. The number of terminal acetylenes is 1. The molecular weight excluding hydrogens is 404 g/mol. The molecule has 0 spiro atoms. The summed E-state index contributed by atoms with van der Waals surface area (Å²) in [5.74, 6) is 4.72. The molecule has 2 nitrogen and oxygen atoms in total. The van der Waals surface area contributed by atoms with Crippen molar-refractivity contribution in [3.05, 3.63) is 22.3 Å². The van der Waals surface area contributed by atoms with Crippen LogP contribution in [0.3, 0.4) is 0 Å². The van der Waals surface area contributed by atoms with Gasteiger partial charge in [-0.2, -0.15) is 0 Å². The molecule has 1 unspecified atom stereocenters. The molecule has 0 amide bonds. The zero-order chi connectivity index (χ0) is 24.1. The van der Waals surface area contributed by atoms with Crippen molar-refractivity contribution >= 4 is 0 Å². The summed E-state index contributed by atoms with van der Waals surface area (Å²) in [5.41, 5.74) is 4.24. The van der Waals surface area contributed by atoms with E-state index >= 15 is 0 Å². The van der Waals surface area contributed by atoms with E-state index in [1.54, 1.807) is 7.11 Å². The monoisotopic (exact) mass is 454 g/mol. The number of hydrogen-bond acceptors (Lipinski definition) is 2. The van der Waals surface area contributed by atoms with Crippen LogP contribution in [0.4, 0.5) is 0 Å². The number of methoxy groups -OCH3 is 1. The van der Waals surface area contributed by atoms with Gasteiger partial charge >= 0.3 is 0 Å². The van der Waals surface area contributed by atoms with E-state index < -0.39 is 0 Å². The molecule has 0 N–H and O–H groups in total. The maximum atomic E-state index is 6.64. The third-order valence-corrected chi connectivity index (χ3v) is 7.71. The summed E-state index contributed by atoms with van der Waals surface area (Å²) >= 11 is 0. The number of benzene rings is 1. The smallest absolute Gasteiger partial charge is 0.138 e. The van der Waals surface area contributed by atoms with E-state index in [-0.39, 0.29) is 5.60 Å². The summed E-state index contributed by atoms with van der Waals surface area (Å²) in [7, 11) is 1.71. The summed E-state index contributed by atoms with van der Waals surface area (Å²) in [6, 6.07) is 0. The van der Waals surface area contributed by atoms with E-state index in [0.29, 0.717) is 0 Å². The standard InChI is InChI=1S/C31H50O2/c1-7-9-10-11-12-13-14-15-16-17-18-19-20-21-23-31(5)24-22-28-27(8-2)29(32-6)25(3)26(4)30(28)33-31/h2H,7,9-24H2,1,3-6H3. The fraction of sp³-hybridized carbons (Fsp3) is 0.742. The van der Waals surface area contributed by atoms with Crippen LogP contribution in [0.25, 0.3) is 0 Å². The van der Waals surface area contributed by atoms with Crippen LogP contribution in [0.1, 0.15) is 139 Å². The first-order chi connectivity index (χ1) is 16.0. The Morgan fingerprint density at radius 3 is 1.85 bits per heavy atom. The van der Waals surface area contributed by atoms with Crippen LogP contribution in [-0.4, -0.2) is 12.7 Å². The second-order valence-electron chi connectivity index (χ2n) is 10.5. The lowest BCUT2D eigenvalue weighted by Crippen LogP contribution is -2.37. The Morgan fingerprint density at radius 1 is 0.848 bits per heavy atom. The Balaban J connectivity index is 1.65. The van der Waals surface area contributed by atoms with Crippen LogP contribution < -0.4 is 9.47 Å². The lowest BCUT2D eigenvalue weighted by molar-refractivity contribution is 0.0523. The predicted octanol–water partition coefficient (Wildman–Crippen LogP) is 9.25. The Kier molecular flexibility index (Phi) is 12.2. The molecule has 2 heteroatoms. The van der Waals surface area contributed by atoms with Gasteiger partial charge in [0.1, 0.15) is 17.1 Å². The molecule has 1 atom stereocenters. The van der Waals surface area contributed by atoms with Crippen molar-refractivity contribution in [3.8, 4) is 23.8 Å². The van der Waals surface area contributed by atoms with Crippen molar-refractivity contribution in [1.82, 2.24) is 0 Å². The van der Waals surface area contributed by atoms with Gasteiger partial charge in [-0.15, -0.1) is 6.42 Å². The molecule has 0 aliphatic carbocycles. The maximum absolute atomic E-state index is 6.64. The molecule has 1 aliphatic rings. The minimum absolute atomic E-state index is 0.0816. The third-order valence-electron chi connectivity index (χ3n) is 7.71. The van der Waals surface area contributed by atoms with Gasteiger partial charge in [0.15, 0.2) is 0 Å². The zero-order valence-electron chi connectivity index (χ0n) is 22.4. The molecule has 2 rings (SSSR count). The Morgan fingerprint density at radius 2 is 1.36 bits per heavy atom. The Bertz CT molecular complexity index is 757. The average Bonchev–Trinajstić information content (AvgIpc) is 2.81. The lowest BCUT2D eigenvalue weighted by atomic mass is 9.84. The molecule has 33 heavy (non-hydrogen) atoms. The van der Waals surface area contributed by atoms with Gasteiger partial charge in [-0.1, -0.05) is 96.3 Å². The van der Waals surface area contributed by atoms with Crippen molar-refractivity contribution < 1.29 is 9.47 Å². The van der Waals surface area contributed by atoms with E-state index in [1.807, 2.05) is 0 Å². The van der Waals surface area contributed by atoms with Crippen LogP contribution in [0.15, 0.2) is 0 Å². The molecule has 0 fully saturated rings. The van der Waals surface area contributed by atoms with Gasteiger partial charge in [-0.3, -0.25) is 0 Å². The highest BCUT2D eigenvalue weighted by Gasteiger charge is 2.34. The number of ether oxygens (including phenoxy) is 2. The summed E-state index contributed by atoms with van der Waals surface area (Å²) in [6.07, 6.45) is 28.5. The normalized spacial score (nSPS) is 17.3. The number of fused-ring (bicyclic) bond motifs is 1. The van der Waals surface area contributed by atoms with Crippen LogP contribution in [-0.2, 0) is 6.42 Å². The lowest BCUT2D eigenvalue weighted by Gasteiger charge is -2.38. The SMILES string of the molecule is C#Cc1c2c(c(C)c(C)c1OC)OC(C)(CCCCCCCCCCCCCCCC)CC2. The largest absolute Gasteiger partial charge is 0.495 e. The Hall–Kier alpha value is -1.62. The average molecular weight is 455 g/mol. The third kappa shape index (κ3) is 8.27. The molecule has 1 aliphatic heterocycles. The molecule has 186 valence electrons. The minimum atomic E-state index is -0.0816. The molecule has 1 aromatic carbocycles. The fourth-order valence-corrected chi connectivity index (χ4v) is 5.35. The zero-order valence-corrected chi connectivity index (χ0v) is 22.4. The molecule has 1 heterocycles. The van der Waals surface area contributed by atoms with Gasteiger partial charge in [0, 0.05) is 5.56 Å². The van der Waals surface area contributed by atoms with Gasteiger partial charge < -0.3 is 9.47 Å². The fourth-order valence-electron chi connectivity index (χ4n) is 5.35. The van der Waals surface area contributed by atoms with Gasteiger partial charge in [-0.25, -0.2) is 0 Å². The molecule has 0 radical (unpaired) electrons. The summed E-state index contributed by atoms with van der Waals surface area (Å²) in [4.78, 5) is 0. The first-order valence-corrected chi connectivity index (χ1v) is 13.8. The highest BCUT2D eigenvalue weighted by Crippen LogP contribution is 2.44. The van der Waals surface area contributed by atoms with Crippen molar-refractivity contribution in [2.75, 3.05) is 7.11 Å². The van der Waals surface area contributed by atoms with E-state index in [9.17, 15) is 0 Å². The summed E-state index contributed by atoms with van der Waals surface area (Å²) in [5, 5.41) is 0. The van der Waals surface area contributed by atoms with Crippen LogP contribution in [0.2, 0.25) is 0 Å². The first-order valence-electron chi connectivity index (χ1n) is 13.8. The Labute approximate surface area is 205 Å². The van der Waals surface area contributed by atoms with E-state index in [2.05, 4.69) is 33.6 Å². The van der Waals surface area contributed by atoms with Crippen LogP contribution >= 0.6 is 0 Å². The molecule has 0 bridgehead atoms. The van der Waals surface area contributed by atoms with Crippen molar-refractivity contribution in [3.63, 3.8) is 0 Å². The molecule has 0 saturated carbocycles. The molecule has 1 aromatic rings. The van der Waals surface area contributed by atoms with E-state index in [0.717, 1.165) is 47.5 Å². The van der Waals surface area contributed by atoms with Gasteiger partial charge in [0.2, 0.25) is 0 Å². The van der Waals surface area contributed by atoms with Crippen LogP contribution in [0, 0.1) is 26.2 Å². The second-order valence-corrected chi connectivity index (χ2v) is 10.5. The molecule has 0 saturated heterocycles. The number of hydrogen-bond donors (Lipinski definition) is 0. The van der Waals surface area contributed by atoms with E-state index in [4.69, 9.17) is 15.9 Å². The van der Waals surface area contributed by atoms with Crippen molar-refractivity contribution in [2.45, 2.75) is 142 Å². The quantitative estimate of drug-likeness (QED) is 0.183. The minimum Gasteiger partial charge on any atom is -0.495 e. The van der Waals surface area contributed by atoms with Gasteiger partial charge in [-0.05, 0) is 57.6 Å². The highest BCUT2D eigenvalue weighted by molar-refractivity contribution is 5.64. The first kappa shape index (κ1) is 27.6.